The van der Waals surface area contributed by atoms with Crippen molar-refractivity contribution in [3.8, 4) is 0 Å². The summed E-state index contributed by atoms with van der Waals surface area (Å²) in [6.07, 6.45) is 3.65. The molecule has 0 aromatic heterocycles. The van der Waals surface area contributed by atoms with Gasteiger partial charge in [0.15, 0.2) is 0 Å². The first-order chi connectivity index (χ1) is 24.5. The van der Waals surface area contributed by atoms with E-state index in [0.29, 0.717) is 177 Å². The molecule has 50 heavy (non-hydrogen) atoms. The first kappa shape index (κ1) is 46.2. The Hall–Kier alpha value is -1.86. The molecule has 1 amide bonds. The van der Waals surface area contributed by atoms with Gasteiger partial charge in [-0.05, 0) is 6.08 Å². The first-order valence-electron chi connectivity index (χ1n) is 17.7. The van der Waals surface area contributed by atoms with Gasteiger partial charge in [0.1, 0.15) is 5.78 Å². The second-order valence-corrected chi connectivity index (χ2v) is 11.0. The maximum atomic E-state index is 11.6. The zero-order chi connectivity index (χ0) is 36.2. The van der Waals surface area contributed by atoms with Crippen LogP contribution in [0.1, 0.15) is 20.3 Å². The van der Waals surface area contributed by atoms with Gasteiger partial charge in [-0.3, -0.25) is 9.59 Å². The highest BCUT2D eigenvalue weighted by atomic mass is 16.6. The van der Waals surface area contributed by atoms with Crippen molar-refractivity contribution in [3.63, 3.8) is 0 Å². The van der Waals surface area contributed by atoms with Gasteiger partial charge in [0.2, 0.25) is 0 Å². The van der Waals surface area contributed by atoms with Gasteiger partial charge in [0.25, 0.3) is 5.91 Å². The number of allylic oxidation sites excluding steroid dienone is 1. The molecule has 0 fully saturated rings. The molecule has 1 rings (SSSR count). The lowest BCUT2D eigenvalue weighted by molar-refractivity contribution is -0.124. The minimum absolute atomic E-state index is 0.0559. The van der Waals surface area contributed by atoms with E-state index in [1.54, 1.807) is 11.0 Å². The van der Waals surface area contributed by atoms with Crippen molar-refractivity contribution in [2.75, 3.05) is 165 Å². The molecular formula is C35H63NO14. The highest BCUT2D eigenvalue weighted by Crippen LogP contribution is 2.11. The maximum Gasteiger partial charge on any atom is 0.251 e. The molecule has 15 heteroatoms. The summed E-state index contributed by atoms with van der Waals surface area (Å²) in [5.74, 6) is 0.212. The van der Waals surface area contributed by atoms with E-state index in [-0.39, 0.29) is 17.6 Å². The molecule has 292 valence electrons. The van der Waals surface area contributed by atoms with Crippen molar-refractivity contribution >= 4 is 11.7 Å². The molecule has 0 spiro atoms. The van der Waals surface area contributed by atoms with Crippen molar-refractivity contribution in [2.45, 2.75) is 20.3 Å². The zero-order valence-electron chi connectivity index (χ0n) is 30.5. The molecule has 0 aromatic rings. The van der Waals surface area contributed by atoms with Gasteiger partial charge in [-0.15, -0.1) is 0 Å². The smallest absolute Gasteiger partial charge is 0.251 e. The molecule has 0 bridgehead atoms. The Morgan fingerprint density at radius 2 is 0.740 bits per heavy atom. The number of nitrogens with zero attached hydrogens (tertiary/aromatic N) is 1. The summed E-state index contributed by atoms with van der Waals surface area (Å²) >= 11 is 0. The van der Waals surface area contributed by atoms with Crippen molar-refractivity contribution in [1.29, 1.82) is 0 Å². The highest BCUT2D eigenvalue weighted by molar-refractivity contribution is 5.92. The van der Waals surface area contributed by atoms with E-state index in [0.717, 1.165) is 0 Å². The number of hydrogen-bond donors (Lipinski definition) is 0. The summed E-state index contributed by atoms with van der Waals surface area (Å²) in [6, 6.07) is 0. The molecule has 0 N–H and O–H groups in total. The molecule has 15 nitrogen and oxygen atoms in total. The van der Waals surface area contributed by atoms with Crippen LogP contribution in [0.4, 0.5) is 0 Å². The third-order valence-electron chi connectivity index (χ3n) is 6.72. The summed E-state index contributed by atoms with van der Waals surface area (Å²) < 4.78 is 65.5. The summed E-state index contributed by atoms with van der Waals surface area (Å²) in [5.41, 5.74) is 0.691. The number of carbonyl (C=O) groups is 2. The molecule has 0 aromatic carbocycles. The molecule has 0 aliphatic carbocycles. The number of ether oxygens (including phenoxy) is 12. The fourth-order valence-electron chi connectivity index (χ4n) is 3.88. The van der Waals surface area contributed by atoms with Crippen LogP contribution in [0, 0.1) is 5.92 Å². The minimum Gasteiger partial charge on any atom is -0.379 e. The van der Waals surface area contributed by atoms with E-state index in [9.17, 15) is 9.59 Å². The quantitative estimate of drug-likeness (QED) is 0.0846. The Balaban J connectivity index is 1.62. The highest BCUT2D eigenvalue weighted by Gasteiger charge is 2.17. The van der Waals surface area contributed by atoms with Crippen LogP contribution in [0.3, 0.4) is 0 Å². The van der Waals surface area contributed by atoms with Gasteiger partial charge in [0.05, 0.1) is 159 Å². The van der Waals surface area contributed by atoms with Crippen LogP contribution < -0.4 is 0 Å². The molecule has 0 radical (unpaired) electrons. The predicted molar refractivity (Wildman–Crippen MR) is 184 cm³/mol. The van der Waals surface area contributed by atoms with Crippen LogP contribution in [0.25, 0.3) is 0 Å². The fraction of sp³-hybridized carbons (Fsp3) is 0.829. The van der Waals surface area contributed by atoms with Gasteiger partial charge >= 0.3 is 0 Å². The van der Waals surface area contributed by atoms with E-state index in [4.69, 9.17) is 56.8 Å². The Morgan fingerprint density at radius 1 is 0.480 bits per heavy atom. The monoisotopic (exact) mass is 721 g/mol. The van der Waals surface area contributed by atoms with Crippen LogP contribution in [0.5, 0.6) is 0 Å². The summed E-state index contributed by atoms with van der Waals surface area (Å²) in [4.78, 5) is 24.6. The van der Waals surface area contributed by atoms with Crippen molar-refractivity contribution < 1.29 is 66.4 Å². The van der Waals surface area contributed by atoms with Crippen LogP contribution in [0.2, 0.25) is 0 Å². The topological polar surface area (TPSA) is 148 Å². The fourth-order valence-corrected chi connectivity index (χ4v) is 3.88. The Kier molecular flexibility index (Phi) is 32.8. The van der Waals surface area contributed by atoms with E-state index in [1.165, 1.54) is 6.08 Å². The number of carbonyl (C=O) groups excluding carboxylic acids is 2. The van der Waals surface area contributed by atoms with Crippen LogP contribution in [-0.4, -0.2) is 182 Å². The average Bonchev–Trinajstić information content (AvgIpc) is 3.43. The molecule has 0 atom stereocenters. The van der Waals surface area contributed by atoms with Gasteiger partial charge in [-0.25, -0.2) is 0 Å². The number of rotatable bonds is 40. The van der Waals surface area contributed by atoms with Gasteiger partial charge in [-0.1, -0.05) is 20.4 Å². The molecule has 0 saturated heterocycles. The number of Topliss-reactive ketones (excluding diaryl/α,β-unsaturated/α-hetero) is 1. The lowest BCUT2D eigenvalue weighted by Gasteiger charge is -2.16. The van der Waals surface area contributed by atoms with E-state index in [1.807, 2.05) is 13.8 Å². The zero-order valence-corrected chi connectivity index (χ0v) is 30.5. The standard InChI is InChI=1S/C35H63NO14/c1-32(2)34(37)6-8-39-10-12-41-14-16-43-18-20-45-22-24-47-26-28-49-30-31-50-29-27-48-25-23-46-21-19-44-17-15-42-13-11-40-9-7-36-33(3)4-5-35(36)38/h4-5,32H,3,6-31H2,1-2H3. The first-order valence-corrected chi connectivity index (χ1v) is 17.7. The Labute approximate surface area is 298 Å². The Bertz CT molecular complexity index is 826. The molecular weight excluding hydrogens is 658 g/mol. The average molecular weight is 722 g/mol. The molecule has 0 saturated carbocycles. The second-order valence-electron chi connectivity index (χ2n) is 11.0. The van der Waals surface area contributed by atoms with E-state index >= 15 is 0 Å². The second kappa shape index (κ2) is 35.5. The van der Waals surface area contributed by atoms with Crippen molar-refractivity contribution in [3.05, 3.63) is 24.4 Å². The van der Waals surface area contributed by atoms with E-state index in [2.05, 4.69) is 6.58 Å². The third kappa shape index (κ3) is 29.8. The maximum absolute atomic E-state index is 11.6. The largest absolute Gasteiger partial charge is 0.379 e. The molecule has 1 heterocycles. The minimum atomic E-state index is -0.0592. The lowest BCUT2D eigenvalue weighted by atomic mass is 10.1. The van der Waals surface area contributed by atoms with Crippen LogP contribution >= 0.6 is 0 Å². The number of amides is 1. The van der Waals surface area contributed by atoms with Crippen LogP contribution in [0.15, 0.2) is 24.4 Å². The predicted octanol–water partition coefficient (Wildman–Crippen LogP) is 1.71. The van der Waals surface area contributed by atoms with Crippen molar-refractivity contribution in [2.24, 2.45) is 5.92 Å². The van der Waals surface area contributed by atoms with Crippen LogP contribution in [-0.2, 0) is 66.4 Å². The summed E-state index contributed by atoms with van der Waals surface area (Å²) in [6.45, 7) is 19.6. The number of ketones is 1. The van der Waals surface area contributed by atoms with Gasteiger partial charge in [0, 0.05) is 30.7 Å². The summed E-state index contributed by atoms with van der Waals surface area (Å²) in [7, 11) is 0. The normalized spacial score (nSPS) is 13.1. The third-order valence-corrected chi connectivity index (χ3v) is 6.72. The molecule has 1 aliphatic rings. The summed E-state index contributed by atoms with van der Waals surface area (Å²) in [5, 5.41) is 0. The van der Waals surface area contributed by atoms with Gasteiger partial charge < -0.3 is 61.7 Å². The number of hydrogen-bond acceptors (Lipinski definition) is 14. The van der Waals surface area contributed by atoms with Gasteiger partial charge in [-0.2, -0.15) is 0 Å². The lowest BCUT2D eigenvalue weighted by Crippen LogP contribution is -2.28. The molecule has 0 unspecified atom stereocenters. The van der Waals surface area contributed by atoms with E-state index < -0.39 is 0 Å². The SMILES string of the molecule is C=C1C=CC(=O)N1CCOCCOCCOCCOCCOCCOCCOCCOCCOCCOCCOCCOCCC(=O)C(C)C. The van der Waals surface area contributed by atoms with Crippen molar-refractivity contribution in [1.82, 2.24) is 4.90 Å². The molecule has 1 aliphatic heterocycles. The Morgan fingerprint density at radius 3 is 0.980 bits per heavy atom.